The molecule has 1 aliphatic rings. The maximum Gasteiger partial charge on any atom is 0.280 e. The minimum atomic E-state index is -3.60. The first-order valence-electron chi connectivity index (χ1n) is 7.45. The first-order valence-corrected chi connectivity index (χ1v) is 8.89. The Bertz CT molecular complexity index is 527. The van der Waals surface area contributed by atoms with Crippen molar-refractivity contribution in [3.63, 3.8) is 0 Å². The van der Waals surface area contributed by atoms with Crippen LogP contribution in [0.15, 0.2) is 30.3 Å². The topological polar surface area (TPSA) is 69.6 Å². The average Bonchev–Trinajstić information content (AvgIpc) is 2.53. The molecule has 6 heteroatoms. The normalized spacial score (nSPS) is 18.8. The van der Waals surface area contributed by atoms with E-state index in [4.69, 9.17) is 0 Å². The molecule has 0 bridgehead atoms. The van der Waals surface area contributed by atoms with Gasteiger partial charge >= 0.3 is 0 Å². The van der Waals surface area contributed by atoms with E-state index < -0.39 is 16.3 Å². The summed E-state index contributed by atoms with van der Waals surface area (Å²) in [5.74, 6) is 0. The van der Waals surface area contributed by atoms with Crippen LogP contribution in [-0.4, -0.2) is 37.5 Å². The molecule has 0 spiro atoms. The molecule has 118 valence electrons. The molecule has 0 aliphatic heterocycles. The number of hydrogen-bond acceptors (Lipinski definition) is 3. The standard InChI is InChI=1S/C15H24N2O3S/c1-17(14-10-6-3-7-11-14)21(19,20)16-15(12-18)13-8-4-2-5-9-13/h2,4-5,8-9,14-16,18H,3,6-7,10-12H2,1H3. The third-order valence-corrected chi connectivity index (χ3v) is 5.78. The van der Waals surface area contributed by atoms with Crippen molar-refractivity contribution in [1.29, 1.82) is 0 Å². The molecule has 0 saturated heterocycles. The second kappa shape index (κ2) is 7.35. The fraction of sp³-hybridized carbons (Fsp3) is 0.600. The molecule has 21 heavy (non-hydrogen) atoms. The minimum Gasteiger partial charge on any atom is -0.394 e. The third-order valence-electron chi connectivity index (χ3n) is 4.14. The van der Waals surface area contributed by atoms with Gasteiger partial charge in [0.1, 0.15) is 0 Å². The number of aliphatic hydroxyl groups is 1. The van der Waals surface area contributed by atoms with Gasteiger partial charge in [-0.25, -0.2) is 0 Å². The van der Waals surface area contributed by atoms with Gasteiger partial charge in [0.05, 0.1) is 12.6 Å². The number of benzene rings is 1. The van der Waals surface area contributed by atoms with Crippen LogP contribution in [-0.2, 0) is 10.2 Å². The van der Waals surface area contributed by atoms with E-state index in [2.05, 4.69) is 4.72 Å². The Balaban J connectivity index is 2.08. The van der Waals surface area contributed by atoms with Crippen molar-refractivity contribution >= 4 is 10.2 Å². The molecule has 1 aliphatic carbocycles. The smallest absolute Gasteiger partial charge is 0.280 e. The van der Waals surface area contributed by atoms with Crippen molar-refractivity contribution in [3.05, 3.63) is 35.9 Å². The van der Waals surface area contributed by atoms with E-state index in [1.54, 1.807) is 7.05 Å². The third kappa shape index (κ3) is 4.26. The van der Waals surface area contributed by atoms with Crippen LogP contribution in [0.5, 0.6) is 0 Å². The lowest BCUT2D eigenvalue weighted by atomic mass is 9.96. The second-order valence-corrected chi connectivity index (χ2v) is 7.34. The van der Waals surface area contributed by atoms with Gasteiger partial charge in [-0.2, -0.15) is 17.4 Å². The van der Waals surface area contributed by atoms with E-state index >= 15 is 0 Å². The maximum atomic E-state index is 12.5. The summed E-state index contributed by atoms with van der Waals surface area (Å²) < 4.78 is 29.0. The molecule has 2 rings (SSSR count). The van der Waals surface area contributed by atoms with Crippen molar-refractivity contribution in [2.45, 2.75) is 44.2 Å². The molecular formula is C15H24N2O3S. The van der Waals surface area contributed by atoms with Crippen LogP contribution in [0, 0.1) is 0 Å². The zero-order valence-corrected chi connectivity index (χ0v) is 13.2. The molecule has 5 nitrogen and oxygen atoms in total. The van der Waals surface area contributed by atoms with Gasteiger partial charge in [0.25, 0.3) is 10.2 Å². The Morgan fingerprint density at radius 1 is 1.24 bits per heavy atom. The van der Waals surface area contributed by atoms with Crippen LogP contribution < -0.4 is 4.72 Å². The summed E-state index contributed by atoms with van der Waals surface area (Å²) in [6.07, 6.45) is 5.15. The predicted octanol–water partition coefficient (Wildman–Crippen LogP) is 1.82. The van der Waals surface area contributed by atoms with Gasteiger partial charge in [0.2, 0.25) is 0 Å². The molecule has 1 unspecified atom stereocenters. The van der Waals surface area contributed by atoms with Gasteiger partial charge in [-0.05, 0) is 18.4 Å². The largest absolute Gasteiger partial charge is 0.394 e. The summed E-state index contributed by atoms with van der Waals surface area (Å²) in [6, 6.07) is 8.59. The lowest BCUT2D eigenvalue weighted by Crippen LogP contribution is -2.46. The molecule has 1 aromatic rings. The summed E-state index contributed by atoms with van der Waals surface area (Å²) in [5.41, 5.74) is 0.764. The van der Waals surface area contributed by atoms with E-state index in [1.165, 1.54) is 10.7 Å². The van der Waals surface area contributed by atoms with E-state index in [1.807, 2.05) is 30.3 Å². The van der Waals surface area contributed by atoms with Crippen LogP contribution in [0.1, 0.15) is 43.7 Å². The van der Waals surface area contributed by atoms with Crippen LogP contribution >= 0.6 is 0 Å². The summed E-state index contributed by atoms with van der Waals surface area (Å²) >= 11 is 0. The van der Waals surface area contributed by atoms with E-state index in [0.29, 0.717) is 0 Å². The first kappa shape index (κ1) is 16.4. The highest BCUT2D eigenvalue weighted by Gasteiger charge is 2.29. The number of rotatable bonds is 6. The lowest BCUT2D eigenvalue weighted by molar-refractivity contribution is 0.249. The van der Waals surface area contributed by atoms with Crippen LogP contribution in [0.25, 0.3) is 0 Å². The molecule has 0 heterocycles. The fourth-order valence-corrected chi connectivity index (χ4v) is 4.14. The zero-order valence-electron chi connectivity index (χ0n) is 12.4. The predicted molar refractivity (Wildman–Crippen MR) is 83.0 cm³/mol. The summed E-state index contributed by atoms with van der Waals surface area (Å²) in [5, 5.41) is 9.49. The van der Waals surface area contributed by atoms with Crippen molar-refractivity contribution in [1.82, 2.24) is 9.03 Å². The Morgan fingerprint density at radius 3 is 2.43 bits per heavy atom. The summed E-state index contributed by atoms with van der Waals surface area (Å²) in [6.45, 7) is -0.262. The summed E-state index contributed by atoms with van der Waals surface area (Å²) in [4.78, 5) is 0. The molecule has 2 N–H and O–H groups in total. The lowest BCUT2D eigenvalue weighted by Gasteiger charge is -2.31. The molecular weight excluding hydrogens is 288 g/mol. The first-order chi connectivity index (χ1) is 10.0. The maximum absolute atomic E-state index is 12.5. The molecule has 1 fully saturated rings. The number of nitrogens with zero attached hydrogens (tertiary/aromatic N) is 1. The van der Waals surface area contributed by atoms with Crippen molar-refractivity contribution < 1.29 is 13.5 Å². The molecule has 0 amide bonds. The van der Waals surface area contributed by atoms with E-state index in [-0.39, 0.29) is 12.6 Å². The highest BCUT2D eigenvalue weighted by atomic mass is 32.2. The van der Waals surface area contributed by atoms with Gasteiger partial charge in [0, 0.05) is 13.1 Å². The Hall–Kier alpha value is -0.950. The molecule has 1 saturated carbocycles. The highest BCUT2D eigenvalue weighted by molar-refractivity contribution is 7.87. The monoisotopic (exact) mass is 312 g/mol. The molecule has 1 aromatic carbocycles. The quantitative estimate of drug-likeness (QED) is 0.842. The Labute approximate surface area is 127 Å². The Kier molecular flexibility index (Phi) is 5.75. The number of hydrogen-bond donors (Lipinski definition) is 2. The number of aliphatic hydroxyl groups excluding tert-OH is 1. The van der Waals surface area contributed by atoms with Crippen LogP contribution in [0.2, 0.25) is 0 Å². The van der Waals surface area contributed by atoms with Gasteiger partial charge in [-0.3, -0.25) is 0 Å². The van der Waals surface area contributed by atoms with Crippen molar-refractivity contribution in [3.8, 4) is 0 Å². The van der Waals surface area contributed by atoms with Crippen molar-refractivity contribution in [2.75, 3.05) is 13.7 Å². The van der Waals surface area contributed by atoms with Gasteiger partial charge in [-0.1, -0.05) is 49.6 Å². The molecule has 0 radical (unpaired) electrons. The van der Waals surface area contributed by atoms with Crippen LogP contribution in [0.4, 0.5) is 0 Å². The average molecular weight is 312 g/mol. The Morgan fingerprint density at radius 2 is 1.86 bits per heavy atom. The van der Waals surface area contributed by atoms with E-state index in [0.717, 1.165) is 31.2 Å². The van der Waals surface area contributed by atoms with Gasteiger partial charge in [0.15, 0.2) is 0 Å². The number of nitrogens with one attached hydrogen (secondary N) is 1. The highest BCUT2D eigenvalue weighted by Crippen LogP contribution is 2.24. The van der Waals surface area contributed by atoms with Crippen LogP contribution in [0.3, 0.4) is 0 Å². The summed E-state index contributed by atoms with van der Waals surface area (Å²) in [7, 11) is -1.97. The second-order valence-electron chi connectivity index (χ2n) is 5.58. The molecule has 0 aromatic heterocycles. The van der Waals surface area contributed by atoms with Gasteiger partial charge in [-0.15, -0.1) is 0 Å². The molecule has 1 atom stereocenters. The fourth-order valence-electron chi connectivity index (χ4n) is 2.80. The SMILES string of the molecule is CN(C1CCCCC1)S(=O)(=O)NC(CO)c1ccccc1. The van der Waals surface area contributed by atoms with E-state index in [9.17, 15) is 13.5 Å². The minimum absolute atomic E-state index is 0.0615. The van der Waals surface area contributed by atoms with Gasteiger partial charge < -0.3 is 5.11 Å². The zero-order chi connectivity index (χ0) is 15.3. The van der Waals surface area contributed by atoms with Crippen molar-refractivity contribution in [2.24, 2.45) is 0 Å².